The molecule has 0 aromatic carbocycles. The summed E-state index contributed by atoms with van der Waals surface area (Å²) < 4.78 is 0. The Kier molecular flexibility index (Phi) is 3.10. The van der Waals surface area contributed by atoms with Gasteiger partial charge in [0.1, 0.15) is 5.82 Å². The second-order valence-electron chi connectivity index (χ2n) is 5.36. The number of anilines is 1. The van der Waals surface area contributed by atoms with Crippen molar-refractivity contribution < 1.29 is 9.90 Å². The first-order valence-corrected chi connectivity index (χ1v) is 6.71. The molecule has 0 spiro atoms. The van der Waals surface area contributed by atoms with Crippen molar-refractivity contribution in [2.75, 3.05) is 24.5 Å². The molecule has 1 aromatic rings. The Morgan fingerprint density at radius 1 is 1.37 bits per heavy atom. The van der Waals surface area contributed by atoms with E-state index in [2.05, 4.69) is 26.7 Å². The van der Waals surface area contributed by atoms with Gasteiger partial charge in [-0.3, -0.25) is 4.90 Å². The highest BCUT2D eigenvalue weighted by atomic mass is 16.4. The Morgan fingerprint density at radius 2 is 2.21 bits per heavy atom. The van der Waals surface area contributed by atoms with Gasteiger partial charge in [-0.15, -0.1) is 0 Å². The van der Waals surface area contributed by atoms with Gasteiger partial charge in [0, 0.05) is 25.2 Å². The predicted molar refractivity (Wildman–Crippen MR) is 70.4 cm³/mol. The Labute approximate surface area is 112 Å². The lowest BCUT2D eigenvalue weighted by Gasteiger charge is -2.42. The maximum Gasteiger partial charge on any atom is 0.356 e. The van der Waals surface area contributed by atoms with Gasteiger partial charge < -0.3 is 10.0 Å². The molecule has 3 heterocycles. The zero-order chi connectivity index (χ0) is 13.4. The Balaban J connectivity index is 1.79. The van der Waals surface area contributed by atoms with Gasteiger partial charge in [-0.1, -0.05) is 0 Å². The topological polar surface area (TPSA) is 69.6 Å². The van der Waals surface area contributed by atoms with Gasteiger partial charge in [-0.05, 0) is 26.3 Å². The van der Waals surface area contributed by atoms with Crippen LogP contribution in [0.15, 0.2) is 12.4 Å². The number of hydrogen-bond donors (Lipinski definition) is 1. The van der Waals surface area contributed by atoms with Crippen molar-refractivity contribution >= 4 is 11.8 Å². The molecule has 2 fully saturated rings. The smallest absolute Gasteiger partial charge is 0.356 e. The van der Waals surface area contributed by atoms with E-state index in [1.54, 1.807) is 6.20 Å². The lowest BCUT2D eigenvalue weighted by atomic mass is 10.1. The van der Waals surface area contributed by atoms with Gasteiger partial charge in [-0.2, -0.15) is 0 Å². The van der Waals surface area contributed by atoms with E-state index in [0.717, 1.165) is 18.9 Å². The maximum absolute atomic E-state index is 10.8. The molecule has 0 aliphatic carbocycles. The molecular weight excluding hydrogens is 244 g/mol. The normalized spacial score (nSPS) is 27.3. The molecule has 2 saturated heterocycles. The molecule has 0 amide bonds. The van der Waals surface area contributed by atoms with Crippen molar-refractivity contribution in [3.63, 3.8) is 0 Å². The number of carboxylic acids is 1. The van der Waals surface area contributed by atoms with Crippen LogP contribution in [0.1, 0.15) is 30.3 Å². The minimum Gasteiger partial charge on any atom is -0.476 e. The molecule has 1 aromatic heterocycles. The second-order valence-corrected chi connectivity index (χ2v) is 5.36. The molecule has 0 bridgehead atoms. The van der Waals surface area contributed by atoms with Gasteiger partial charge in [0.2, 0.25) is 0 Å². The highest BCUT2D eigenvalue weighted by Gasteiger charge is 2.34. The molecule has 0 radical (unpaired) electrons. The third kappa shape index (κ3) is 2.28. The van der Waals surface area contributed by atoms with E-state index in [9.17, 15) is 4.79 Å². The Hall–Kier alpha value is -1.69. The van der Waals surface area contributed by atoms with Gasteiger partial charge in [0.15, 0.2) is 5.69 Å². The number of carbonyl (C=O) groups is 1. The highest BCUT2D eigenvalue weighted by molar-refractivity contribution is 5.84. The Morgan fingerprint density at radius 3 is 2.89 bits per heavy atom. The van der Waals surface area contributed by atoms with Gasteiger partial charge in [-0.25, -0.2) is 14.8 Å². The fraction of sp³-hybridized carbons (Fsp3) is 0.615. The van der Waals surface area contributed by atoms with E-state index in [4.69, 9.17) is 5.11 Å². The van der Waals surface area contributed by atoms with Crippen LogP contribution in [-0.4, -0.2) is 57.7 Å². The van der Waals surface area contributed by atoms with Crippen LogP contribution in [0.25, 0.3) is 0 Å². The summed E-state index contributed by atoms with van der Waals surface area (Å²) in [6.45, 7) is 5.39. The van der Waals surface area contributed by atoms with Crippen LogP contribution in [0.2, 0.25) is 0 Å². The van der Waals surface area contributed by atoms with Gasteiger partial charge in [0.05, 0.1) is 12.4 Å². The van der Waals surface area contributed by atoms with Crippen LogP contribution in [-0.2, 0) is 0 Å². The van der Waals surface area contributed by atoms with Crippen molar-refractivity contribution in [1.29, 1.82) is 0 Å². The van der Waals surface area contributed by atoms with Crippen LogP contribution in [0, 0.1) is 0 Å². The average Bonchev–Trinajstić information content (AvgIpc) is 2.85. The predicted octanol–water partition coefficient (Wildman–Crippen LogP) is 0.848. The lowest BCUT2D eigenvalue weighted by molar-refractivity contribution is 0.0690. The fourth-order valence-electron chi connectivity index (χ4n) is 3.09. The monoisotopic (exact) mass is 262 g/mol. The first kappa shape index (κ1) is 12.3. The van der Waals surface area contributed by atoms with Crippen LogP contribution in [0.4, 0.5) is 5.82 Å². The summed E-state index contributed by atoms with van der Waals surface area (Å²) in [5, 5.41) is 8.84. The van der Waals surface area contributed by atoms with Gasteiger partial charge >= 0.3 is 5.97 Å². The summed E-state index contributed by atoms with van der Waals surface area (Å²) in [7, 11) is 0. The Bertz CT molecular complexity index is 476. The van der Waals surface area contributed by atoms with Gasteiger partial charge in [0.25, 0.3) is 0 Å². The number of aromatic nitrogens is 2. The van der Waals surface area contributed by atoms with E-state index in [0.29, 0.717) is 12.1 Å². The number of carboxylic acid groups (broad SMARTS) is 1. The first-order valence-electron chi connectivity index (χ1n) is 6.71. The molecule has 6 nitrogen and oxygen atoms in total. The van der Waals surface area contributed by atoms with E-state index >= 15 is 0 Å². The summed E-state index contributed by atoms with van der Waals surface area (Å²) >= 11 is 0. The number of nitrogens with zero attached hydrogens (tertiary/aromatic N) is 4. The average molecular weight is 262 g/mol. The van der Waals surface area contributed by atoms with Crippen LogP contribution < -0.4 is 4.90 Å². The SMILES string of the molecule is CC1CN2CCCC2CN1c1cnc(C(=O)O)cn1. The second kappa shape index (κ2) is 4.77. The molecular formula is C13H18N4O2. The van der Waals surface area contributed by atoms with Crippen LogP contribution in [0.5, 0.6) is 0 Å². The van der Waals surface area contributed by atoms with Crippen LogP contribution >= 0.6 is 0 Å². The zero-order valence-corrected chi connectivity index (χ0v) is 11.0. The van der Waals surface area contributed by atoms with Crippen molar-refractivity contribution in [2.45, 2.75) is 31.8 Å². The van der Waals surface area contributed by atoms with Crippen LogP contribution in [0.3, 0.4) is 0 Å². The summed E-state index contributed by atoms with van der Waals surface area (Å²) in [6.07, 6.45) is 5.43. The molecule has 2 atom stereocenters. The van der Waals surface area contributed by atoms with E-state index in [1.165, 1.54) is 25.6 Å². The molecule has 2 unspecified atom stereocenters. The standard InChI is InChI=1S/C13H18N4O2/c1-9-7-16-4-2-3-10(16)8-17(9)12-6-14-11(5-15-12)13(18)19/h5-6,9-10H,2-4,7-8H2,1H3,(H,18,19). The number of hydrogen-bond acceptors (Lipinski definition) is 5. The van der Waals surface area contributed by atoms with E-state index in [-0.39, 0.29) is 5.69 Å². The van der Waals surface area contributed by atoms with E-state index < -0.39 is 5.97 Å². The molecule has 1 N–H and O–H groups in total. The third-order valence-corrected chi connectivity index (χ3v) is 4.09. The number of aromatic carboxylic acids is 1. The highest BCUT2D eigenvalue weighted by Crippen LogP contribution is 2.27. The summed E-state index contributed by atoms with van der Waals surface area (Å²) in [5.41, 5.74) is -0.00379. The minimum atomic E-state index is -1.03. The molecule has 2 aliphatic heterocycles. The molecule has 6 heteroatoms. The third-order valence-electron chi connectivity index (χ3n) is 4.09. The summed E-state index contributed by atoms with van der Waals surface area (Å²) in [4.78, 5) is 23.8. The first-order chi connectivity index (χ1) is 9.15. The zero-order valence-electron chi connectivity index (χ0n) is 11.0. The van der Waals surface area contributed by atoms with Crippen molar-refractivity contribution in [2.24, 2.45) is 0 Å². The lowest BCUT2D eigenvalue weighted by Crippen LogP contribution is -2.55. The summed E-state index contributed by atoms with van der Waals surface area (Å²) in [6, 6.07) is 0.997. The van der Waals surface area contributed by atoms with Crippen molar-refractivity contribution in [3.05, 3.63) is 18.1 Å². The fourth-order valence-corrected chi connectivity index (χ4v) is 3.09. The molecule has 3 rings (SSSR count). The summed E-state index contributed by atoms with van der Waals surface area (Å²) in [5.74, 6) is -0.253. The van der Waals surface area contributed by atoms with E-state index in [1.807, 2.05) is 0 Å². The maximum atomic E-state index is 10.8. The largest absolute Gasteiger partial charge is 0.476 e. The quantitative estimate of drug-likeness (QED) is 0.852. The van der Waals surface area contributed by atoms with Crippen molar-refractivity contribution in [3.8, 4) is 0 Å². The molecule has 2 aliphatic rings. The van der Waals surface area contributed by atoms with Crippen molar-refractivity contribution in [1.82, 2.24) is 14.9 Å². The molecule has 102 valence electrons. The molecule has 0 saturated carbocycles. The molecule has 19 heavy (non-hydrogen) atoms. The number of piperazine rings is 1. The number of fused-ring (bicyclic) bond motifs is 1. The number of rotatable bonds is 2. The minimum absolute atomic E-state index is 0.00379.